The number of benzene rings is 1. The minimum Gasteiger partial charge on any atom is -0.372 e. The average Bonchev–Trinajstić information content (AvgIpc) is 2.47. The zero-order chi connectivity index (χ0) is 15.4. The molecule has 1 aromatic carbocycles. The van der Waals surface area contributed by atoms with E-state index in [1.807, 2.05) is 31.3 Å². The molecule has 0 aliphatic rings. The van der Waals surface area contributed by atoms with Gasteiger partial charge in [-0.25, -0.2) is 4.98 Å². The first-order valence-electron chi connectivity index (χ1n) is 6.68. The topological polar surface area (TPSA) is 71.3 Å². The number of hydrogen-bond donors (Lipinski definition) is 1. The van der Waals surface area contributed by atoms with E-state index in [9.17, 15) is 10.1 Å². The van der Waals surface area contributed by atoms with E-state index in [4.69, 9.17) is 0 Å². The van der Waals surface area contributed by atoms with Crippen LogP contribution in [0.4, 0.5) is 22.9 Å². The minimum atomic E-state index is -0.463. The maximum atomic E-state index is 10.6. The second-order valence-corrected chi connectivity index (χ2v) is 5.04. The van der Waals surface area contributed by atoms with Gasteiger partial charge in [-0.1, -0.05) is 6.07 Å². The van der Waals surface area contributed by atoms with E-state index in [1.165, 1.54) is 12.3 Å². The van der Waals surface area contributed by atoms with E-state index >= 15 is 0 Å². The zero-order valence-corrected chi connectivity index (χ0v) is 12.3. The smallest absolute Gasteiger partial charge is 0.287 e. The second-order valence-electron chi connectivity index (χ2n) is 5.04. The molecule has 2 rings (SSSR count). The van der Waals surface area contributed by atoms with Gasteiger partial charge in [-0.2, -0.15) is 0 Å². The third-order valence-corrected chi connectivity index (χ3v) is 3.26. The quantitative estimate of drug-likeness (QED) is 0.672. The molecule has 0 radical (unpaired) electrons. The first-order valence-corrected chi connectivity index (χ1v) is 6.68. The summed E-state index contributed by atoms with van der Waals surface area (Å²) in [5.41, 5.74) is 1.96. The Kier molecular flexibility index (Phi) is 4.37. The molecule has 0 saturated carbocycles. The molecule has 6 heteroatoms. The van der Waals surface area contributed by atoms with Gasteiger partial charge in [0.1, 0.15) is 12.0 Å². The lowest BCUT2D eigenvalue weighted by atomic mass is 10.2. The van der Waals surface area contributed by atoms with Crippen LogP contribution in [0.25, 0.3) is 0 Å². The molecular formula is C15H18N4O2. The lowest BCUT2D eigenvalue weighted by Gasteiger charge is -2.24. The molecule has 0 atom stereocenters. The Hall–Kier alpha value is -2.63. The van der Waals surface area contributed by atoms with E-state index in [2.05, 4.69) is 29.0 Å². The van der Waals surface area contributed by atoms with Crippen molar-refractivity contribution in [3.05, 3.63) is 52.7 Å². The lowest BCUT2D eigenvalue weighted by molar-refractivity contribution is -0.385. The van der Waals surface area contributed by atoms with Crippen LogP contribution in [0.3, 0.4) is 0 Å². The molecule has 21 heavy (non-hydrogen) atoms. The number of pyridine rings is 1. The maximum absolute atomic E-state index is 10.6. The zero-order valence-electron chi connectivity index (χ0n) is 12.3. The third-order valence-electron chi connectivity index (χ3n) is 3.26. The Balaban J connectivity index is 2.16. The van der Waals surface area contributed by atoms with Crippen molar-refractivity contribution in [2.75, 3.05) is 17.3 Å². The summed E-state index contributed by atoms with van der Waals surface area (Å²) in [5, 5.41) is 13.7. The first-order chi connectivity index (χ1) is 9.97. The Morgan fingerprint density at radius 1 is 1.29 bits per heavy atom. The Morgan fingerprint density at radius 3 is 2.62 bits per heavy atom. The number of hydrogen-bond acceptors (Lipinski definition) is 5. The minimum absolute atomic E-state index is 0.0196. The molecule has 1 aromatic heterocycles. The van der Waals surface area contributed by atoms with Crippen LogP contribution >= 0.6 is 0 Å². The highest BCUT2D eigenvalue weighted by molar-refractivity contribution is 5.63. The molecule has 6 nitrogen and oxygen atoms in total. The fourth-order valence-corrected chi connectivity index (χ4v) is 1.82. The fourth-order valence-electron chi connectivity index (χ4n) is 1.82. The van der Waals surface area contributed by atoms with Crippen molar-refractivity contribution in [2.45, 2.75) is 19.9 Å². The summed E-state index contributed by atoms with van der Waals surface area (Å²) in [6.07, 6.45) is 1.24. The highest BCUT2D eigenvalue weighted by atomic mass is 16.6. The van der Waals surface area contributed by atoms with E-state index in [-0.39, 0.29) is 5.69 Å². The van der Waals surface area contributed by atoms with Crippen molar-refractivity contribution in [1.29, 1.82) is 0 Å². The molecule has 1 heterocycles. The largest absolute Gasteiger partial charge is 0.372 e. The lowest BCUT2D eigenvalue weighted by Crippen LogP contribution is -2.25. The summed E-state index contributed by atoms with van der Waals surface area (Å²) in [6, 6.07) is 11.4. The normalized spacial score (nSPS) is 10.5. The SMILES string of the molecule is CC(C)N(C)c1cccc(Nc2ccc([N+](=O)[O-])cn2)c1. The Morgan fingerprint density at radius 2 is 2.05 bits per heavy atom. The predicted molar refractivity (Wildman–Crippen MR) is 84.2 cm³/mol. The number of nitro groups is 1. The molecule has 0 spiro atoms. The fraction of sp³-hybridized carbons (Fsp3) is 0.267. The van der Waals surface area contributed by atoms with Crippen molar-refractivity contribution < 1.29 is 4.92 Å². The van der Waals surface area contributed by atoms with Gasteiger partial charge in [-0.15, -0.1) is 0 Å². The third kappa shape index (κ3) is 3.68. The molecular weight excluding hydrogens is 268 g/mol. The summed E-state index contributed by atoms with van der Waals surface area (Å²) in [6.45, 7) is 4.25. The van der Waals surface area contributed by atoms with Crippen LogP contribution < -0.4 is 10.2 Å². The van der Waals surface area contributed by atoms with Crippen LogP contribution in [0.15, 0.2) is 42.6 Å². The van der Waals surface area contributed by atoms with Crippen LogP contribution in [0, 0.1) is 10.1 Å². The van der Waals surface area contributed by atoms with Crippen LogP contribution in [-0.4, -0.2) is 23.0 Å². The summed E-state index contributed by atoms with van der Waals surface area (Å²) >= 11 is 0. The van der Waals surface area contributed by atoms with Crippen molar-refractivity contribution in [1.82, 2.24) is 4.98 Å². The maximum Gasteiger partial charge on any atom is 0.287 e. The number of aromatic nitrogens is 1. The number of rotatable bonds is 5. The van der Waals surface area contributed by atoms with Crippen LogP contribution in [0.5, 0.6) is 0 Å². The molecule has 0 bridgehead atoms. The number of anilines is 3. The van der Waals surface area contributed by atoms with Gasteiger partial charge in [0, 0.05) is 30.5 Å². The second kappa shape index (κ2) is 6.21. The van der Waals surface area contributed by atoms with Gasteiger partial charge >= 0.3 is 0 Å². The highest BCUT2D eigenvalue weighted by Crippen LogP contribution is 2.23. The summed E-state index contributed by atoms with van der Waals surface area (Å²) < 4.78 is 0. The van der Waals surface area contributed by atoms with Gasteiger partial charge < -0.3 is 10.2 Å². The van der Waals surface area contributed by atoms with Gasteiger partial charge in [0.25, 0.3) is 5.69 Å². The van der Waals surface area contributed by atoms with Crippen molar-refractivity contribution >= 4 is 22.9 Å². The van der Waals surface area contributed by atoms with Crippen LogP contribution in [-0.2, 0) is 0 Å². The van der Waals surface area contributed by atoms with Gasteiger partial charge in [-0.3, -0.25) is 10.1 Å². The summed E-state index contributed by atoms with van der Waals surface area (Å²) in [7, 11) is 2.04. The van der Waals surface area contributed by atoms with Gasteiger partial charge in [0.15, 0.2) is 0 Å². The highest BCUT2D eigenvalue weighted by Gasteiger charge is 2.07. The van der Waals surface area contributed by atoms with Crippen molar-refractivity contribution in [3.63, 3.8) is 0 Å². The van der Waals surface area contributed by atoms with Gasteiger partial charge in [0.2, 0.25) is 0 Å². The van der Waals surface area contributed by atoms with Crippen molar-refractivity contribution in [2.24, 2.45) is 0 Å². The van der Waals surface area contributed by atoms with E-state index in [0.29, 0.717) is 11.9 Å². The van der Waals surface area contributed by atoms with Gasteiger partial charge in [0.05, 0.1) is 4.92 Å². The Bertz CT molecular complexity index is 626. The number of nitrogens with one attached hydrogen (secondary N) is 1. The predicted octanol–water partition coefficient (Wildman–Crippen LogP) is 3.58. The number of nitrogens with zero attached hydrogens (tertiary/aromatic N) is 3. The molecule has 0 unspecified atom stereocenters. The Labute approximate surface area is 123 Å². The summed E-state index contributed by atoms with van der Waals surface area (Å²) in [5.74, 6) is 0.574. The summed E-state index contributed by atoms with van der Waals surface area (Å²) in [4.78, 5) is 16.3. The molecule has 0 aliphatic carbocycles. The molecule has 1 N–H and O–H groups in total. The molecule has 0 saturated heterocycles. The van der Waals surface area contributed by atoms with E-state index < -0.39 is 4.92 Å². The van der Waals surface area contributed by atoms with E-state index in [1.54, 1.807) is 6.07 Å². The van der Waals surface area contributed by atoms with E-state index in [0.717, 1.165) is 11.4 Å². The van der Waals surface area contributed by atoms with Crippen molar-refractivity contribution in [3.8, 4) is 0 Å². The standard InChI is InChI=1S/C15H18N4O2/c1-11(2)18(3)13-6-4-5-12(9-13)17-15-8-7-14(10-16-15)19(20)21/h4-11H,1-3H3,(H,16,17). The monoisotopic (exact) mass is 286 g/mol. The first kappa shape index (κ1) is 14.8. The van der Waals surface area contributed by atoms with Crippen LogP contribution in [0.2, 0.25) is 0 Å². The van der Waals surface area contributed by atoms with Crippen LogP contribution in [0.1, 0.15) is 13.8 Å². The molecule has 0 amide bonds. The molecule has 2 aromatic rings. The molecule has 110 valence electrons. The van der Waals surface area contributed by atoms with Gasteiger partial charge in [-0.05, 0) is 38.1 Å². The molecule has 0 fully saturated rings. The average molecular weight is 286 g/mol. The molecule has 0 aliphatic heterocycles.